The fourth-order valence-electron chi connectivity index (χ4n) is 1.88. The van der Waals surface area contributed by atoms with Crippen LogP contribution in [0.1, 0.15) is 16.1 Å². The van der Waals surface area contributed by atoms with Gasteiger partial charge in [-0.05, 0) is 36.4 Å². The van der Waals surface area contributed by atoms with Gasteiger partial charge in [-0.2, -0.15) is 12.7 Å². The quantitative estimate of drug-likeness (QED) is 0.865. The summed E-state index contributed by atoms with van der Waals surface area (Å²) in [6.45, 7) is 0.294. The summed E-state index contributed by atoms with van der Waals surface area (Å²) in [5.41, 5.74) is 0.914. The van der Waals surface area contributed by atoms with E-state index in [0.717, 1.165) is 8.61 Å². The average Bonchev–Trinajstić information content (AvgIpc) is 3.05. The van der Waals surface area contributed by atoms with Gasteiger partial charge in [0, 0.05) is 26.7 Å². The van der Waals surface area contributed by atoms with Gasteiger partial charge in [0.25, 0.3) is 5.91 Å². The van der Waals surface area contributed by atoms with Crippen molar-refractivity contribution in [2.24, 2.45) is 0 Å². The molecular formula is C15H19N3O4S. The van der Waals surface area contributed by atoms with Crippen molar-refractivity contribution >= 4 is 21.8 Å². The minimum atomic E-state index is -3.55. The number of rotatable bonds is 6. The van der Waals surface area contributed by atoms with Crippen molar-refractivity contribution in [3.05, 3.63) is 54.0 Å². The summed E-state index contributed by atoms with van der Waals surface area (Å²) in [4.78, 5) is 12.0. The number of furan rings is 1. The molecule has 23 heavy (non-hydrogen) atoms. The Kier molecular flexibility index (Phi) is 5.07. The molecule has 0 unspecified atom stereocenters. The molecule has 7 nitrogen and oxygen atoms in total. The van der Waals surface area contributed by atoms with Gasteiger partial charge >= 0.3 is 10.2 Å². The highest BCUT2D eigenvalue weighted by Crippen LogP contribution is 2.18. The third-order valence-electron chi connectivity index (χ3n) is 3.30. The molecule has 1 amide bonds. The summed E-state index contributed by atoms with van der Waals surface area (Å²) in [6, 6.07) is 9.84. The highest BCUT2D eigenvalue weighted by molar-refractivity contribution is 7.90. The predicted octanol–water partition coefficient (Wildman–Crippen LogP) is 1.45. The molecule has 0 saturated heterocycles. The van der Waals surface area contributed by atoms with E-state index in [2.05, 4.69) is 5.32 Å². The lowest BCUT2D eigenvalue weighted by atomic mass is 10.2. The van der Waals surface area contributed by atoms with Crippen LogP contribution in [0.25, 0.3) is 0 Å². The fourth-order valence-corrected chi connectivity index (χ4v) is 2.76. The van der Waals surface area contributed by atoms with Gasteiger partial charge in [-0.25, -0.2) is 0 Å². The molecule has 1 aromatic heterocycles. The number of anilines is 1. The molecule has 0 atom stereocenters. The minimum absolute atomic E-state index is 0.258. The van der Waals surface area contributed by atoms with Crippen LogP contribution in [0.4, 0.5) is 5.69 Å². The first kappa shape index (κ1) is 17.0. The number of nitrogens with one attached hydrogen (secondary N) is 1. The Labute approximate surface area is 135 Å². The third-order valence-corrected chi connectivity index (χ3v) is 5.13. The van der Waals surface area contributed by atoms with Crippen LogP contribution in [0.5, 0.6) is 0 Å². The average molecular weight is 337 g/mol. The van der Waals surface area contributed by atoms with Gasteiger partial charge < -0.3 is 9.73 Å². The van der Waals surface area contributed by atoms with Gasteiger partial charge in [0.1, 0.15) is 5.76 Å². The minimum Gasteiger partial charge on any atom is -0.467 e. The molecule has 1 heterocycles. The van der Waals surface area contributed by atoms with Gasteiger partial charge in [0.15, 0.2) is 0 Å². The number of benzene rings is 1. The summed E-state index contributed by atoms with van der Waals surface area (Å²) in [5, 5.41) is 2.73. The lowest BCUT2D eigenvalue weighted by molar-refractivity contribution is 0.0948. The van der Waals surface area contributed by atoms with Crippen LogP contribution in [0.15, 0.2) is 47.1 Å². The second-order valence-electron chi connectivity index (χ2n) is 5.07. The molecule has 0 radical (unpaired) electrons. The molecule has 0 aliphatic rings. The van der Waals surface area contributed by atoms with Crippen LogP contribution < -0.4 is 9.62 Å². The van der Waals surface area contributed by atoms with Gasteiger partial charge in [0.05, 0.1) is 18.5 Å². The molecule has 0 aliphatic carbocycles. The number of carbonyl (C=O) groups excluding carboxylic acids is 1. The lowest BCUT2D eigenvalue weighted by Crippen LogP contribution is -2.37. The maximum atomic E-state index is 12.0. The van der Waals surface area contributed by atoms with Crippen molar-refractivity contribution in [3.8, 4) is 0 Å². The molecular weight excluding hydrogens is 318 g/mol. The van der Waals surface area contributed by atoms with Crippen LogP contribution in [-0.2, 0) is 16.8 Å². The second-order valence-corrected chi connectivity index (χ2v) is 7.24. The zero-order valence-electron chi connectivity index (χ0n) is 13.2. The van der Waals surface area contributed by atoms with E-state index in [4.69, 9.17) is 4.42 Å². The molecule has 124 valence electrons. The maximum absolute atomic E-state index is 12.0. The van der Waals surface area contributed by atoms with Crippen molar-refractivity contribution in [1.29, 1.82) is 0 Å². The van der Waals surface area contributed by atoms with Gasteiger partial charge in [-0.1, -0.05) is 0 Å². The van der Waals surface area contributed by atoms with Gasteiger partial charge in [-0.15, -0.1) is 0 Å². The van der Waals surface area contributed by atoms with Crippen molar-refractivity contribution in [2.45, 2.75) is 6.54 Å². The molecule has 1 N–H and O–H groups in total. The molecule has 2 aromatic rings. The standard InChI is InChI=1S/C15H19N3O4S/c1-17(2)23(20,21)18(3)13-8-6-12(7-9-13)15(19)16-11-14-5-4-10-22-14/h4-10H,11H2,1-3H3,(H,16,19). The van der Waals surface area contributed by atoms with E-state index in [9.17, 15) is 13.2 Å². The summed E-state index contributed by atoms with van der Waals surface area (Å²) in [6.07, 6.45) is 1.54. The lowest BCUT2D eigenvalue weighted by Gasteiger charge is -2.23. The van der Waals surface area contributed by atoms with Crippen molar-refractivity contribution < 1.29 is 17.6 Å². The summed E-state index contributed by atoms with van der Waals surface area (Å²) < 4.78 is 31.5. The smallest absolute Gasteiger partial charge is 0.303 e. The van der Waals surface area contributed by atoms with Crippen LogP contribution in [0.3, 0.4) is 0 Å². The third kappa shape index (κ3) is 3.91. The molecule has 1 aromatic carbocycles. The SMILES string of the molecule is CN(C)S(=O)(=O)N(C)c1ccc(C(=O)NCc2ccco2)cc1. The second kappa shape index (κ2) is 6.84. The van der Waals surface area contributed by atoms with Crippen molar-refractivity contribution in [3.63, 3.8) is 0 Å². The Balaban J connectivity index is 2.05. The largest absolute Gasteiger partial charge is 0.467 e. The van der Waals surface area contributed by atoms with Crippen molar-refractivity contribution in [1.82, 2.24) is 9.62 Å². The zero-order chi connectivity index (χ0) is 17.0. The Hall–Kier alpha value is -2.32. The fraction of sp³-hybridized carbons (Fsp3) is 0.267. The van der Waals surface area contributed by atoms with Crippen LogP contribution in [-0.4, -0.2) is 39.8 Å². The van der Waals surface area contributed by atoms with E-state index in [0.29, 0.717) is 23.6 Å². The number of hydrogen-bond donors (Lipinski definition) is 1. The Morgan fingerprint density at radius 1 is 1.13 bits per heavy atom. The molecule has 0 saturated carbocycles. The highest BCUT2D eigenvalue weighted by Gasteiger charge is 2.21. The summed E-state index contributed by atoms with van der Waals surface area (Å²) in [5.74, 6) is 0.401. The van der Waals surface area contributed by atoms with Crippen LogP contribution >= 0.6 is 0 Å². The maximum Gasteiger partial charge on any atom is 0.303 e. The zero-order valence-corrected chi connectivity index (χ0v) is 14.0. The molecule has 0 aliphatic heterocycles. The Morgan fingerprint density at radius 2 is 1.78 bits per heavy atom. The van der Waals surface area contributed by atoms with Crippen LogP contribution in [0, 0.1) is 0 Å². The van der Waals surface area contributed by atoms with E-state index in [1.807, 2.05) is 0 Å². The molecule has 8 heteroatoms. The molecule has 0 bridgehead atoms. The van der Waals surface area contributed by atoms with Gasteiger partial charge in [-0.3, -0.25) is 9.10 Å². The topological polar surface area (TPSA) is 82.9 Å². The van der Waals surface area contributed by atoms with Crippen molar-refractivity contribution in [2.75, 3.05) is 25.4 Å². The highest BCUT2D eigenvalue weighted by atomic mass is 32.2. The summed E-state index contributed by atoms with van der Waals surface area (Å²) >= 11 is 0. The number of amides is 1. The number of carbonyl (C=O) groups is 1. The monoisotopic (exact) mass is 337 g/mol. The first-order chi connectivity index (χ1) is 10.8. The normalized spacial score (nSPS) is 11.5. The Morgan fingerprint density at radius 3 is 2.30 bits per heavy atom. The van der Waals surface area contributed by atoms with Gasteiger partial charge in [0.2, 0.25) is 0 Å². The van der Waals surface area contributed by atoms with E-state index in [-0.39, 0.29) is 5.91 Å². The molecule has 2 rings (SSSR count). The first-order valence-corrected chi connectivity index (χ1v) is 8.29. The number of hydrogen-bond acceptors (Lipinski definition) is 4. The number of nitrogens with zero attached hydrogens (tertiary/aromatic N) is 2. The van der Waals surface area contributed by atoms with E-state index in [1.54, 1.807) is 36.4 Å². The molecule has 0 spiro atoms. The molecule has 0 fully saturated rings. The van der Waals surface area contributed by atoms with E-state index in [1.165, 1.54) is 27.4 Å². The predicted molar refractivity (Wildman–Crippen MR) is 87.3 cm³/mol. The van der Waals surface area contributed by atoms with E-state index >= 15 is 0 Å². The van der Waals surface area contributed by atoms with Crippen LogP contribution in [0.2, 0.25) is 0 Å². The Bertz CT molecular complexity index is 753. The van der Waals surface area contributed by atoms with E-state index < -0.39 is 10.2 Å². The first-order valence-electron chi connectivity index (χ1n) is 6.89. The summed E-state index contributed by atoms with van der Waals surface area (Å²) in [7, 11) is 0.832.